The predicted molar refractivity (Wildman–Crippen MR) is 130 cm³/mol. The topological polar surface area (TPSA) is 55.8 Å². The maximum absolute atomic E-state index is 12.9. The van der Waals surface area contributed by atoms with Crippen LogP contribution in [0.1, 0.15) is 40.9 Å². The van der Waals surface area contributed by atoms with Crippen molar-refractivity contribution >= 4 is 23.5 Å². The number of carbonyl (C=O) groups excluding carboxylic acids is 2. The number of ketones is 1. The monoisotopic (exact) mass is 441 g/mol. The summed E-state index contributed by atoms with van der Waals surface area (Å²) in [6, 6.07) is 20.8. The second-order valence-corrected chi connectivity index (χ2v) is 7.91. The summed E-state index contributed by atoms with van der Waals surface area (Å²) in [7, 11) is 0. The minimum atomic E-state index is -0.363. The van der Waals surface area contributed by atoms with Crippen LogP contribution in [-0.4, -0.2) is 24.8 Å². The van der Waals surface area contributed by atoms with Crippen molar-refractivity contribution in [1.29, 1.82) is 0 Å². The van der Waals surface area contributed by atoms with E-state index in [1.165, 1.54) is 0 Å². The van der Waals surface area contributed by atoms with Crippen LogP contribution in [0.4, 0.5) is 5.69 Å². The van der Waals surface area contributed by atoms with Crippen molar-refractivity contribution in [1.82, 2.24) is 0 Å². The molecule has 0 aliphatic carbocycles. The van der Waals surface area contributed by atoms with Crippen LogP contribution >= 0.6 is 0 Å². The van der Waals surface area contributed by atoms with Crippen molar-refractivity contribution in [2.45, 2.75) is 27.2 Å². The third-order valence-electron chi connectivity index (χ3n) is 5.77. The van der Waals surface area contributed by atoms with E-state index in [0.717, 1.165) is 29.9 Å². The minimum absolute atomic E-state index is 0.172. The molecular formula is C28H27NO4. The van der Waals surface area contributed by atoms with Gasteiger partial charge in [0.25, 0.3) is 0 Å². The lowest BCUT2D eigenvalue weighted by atomic mass is 10.1. The number of rotatable bonds is 7. The number of nitrogens with zero attached hydrogens (tertiary/aromatic N) is 1. The molecule has 0 fully saturated rings. The van der Waals surface area contributed by atoms with E-state index in [1.807, 2.05) is 54.6 Å². The van der Waals surface area contributed by atoms with Crippen molar-refractivity contribution in [3.05, 3.63) is 94.7 Å². The van der Waals surface area contributed by atoms with Crippen LogP contribution in [0.5, 0.6) is 11.5 Å². The molecule has 0 spiro atoms. The Balaban J connectivity index is 1.51. The van der Waals surface area contributed by atoms with Gasteiger partial charge in [-0.05, 0) is 62.2 Å². The fourth-order valence-electron chi connectivity index (χ4n) is 3.92. The Morgan fingerprint density at radius 2 is 1.67 bits per heavy atom. The molecule has 0 saturated carbocycles. The van der Waals surface area contributed by atoms with Gasteiger partial charge in [0.15, 0.2) is 5.76 Å². The van der Waals surface area contributed by atoms with Gasteiger partial charge in [0, 0.05) is 24.3 Å². The van der Waals surface area contributed by atoms with Gasteiger partial charge in [-0.1, -0.05) is 42.5 Å². The molecule has 4 rings (SSSR count). The molecule has 0 aromatic heterocycles. The molecule has 0 saturated heterocycles. The van der Waals surface area contributed by atoms with Crippen molar-refractivity contribution < 1.29 is 19.1 Å². The molecule has 3 aromatic rings. The molecule has 0 amide bonds. The average molecular weight is 442 g/mol. The van der Waals surface area contributed by atoms with Crippen molar-refractivity contribution in [2.24, 2.45) is 0 Å². The fraction of sp³-hybridized carbons (Fsp3) is 0.214. The highest BCUT2D eigenvalue weighted by Gasteiger charge is 2.30. The normalized spacial score (nSPS) is 13.5. The summed E-state index contributed by atoms with van der Waals surface area (Å²) in [5.41, 5.74) is 4.00. The van der Waals surface area contributed by atoms with Gasteiger partial charge in [-0.25, -0.2) is 0 Å². The van der Waals surface area contributed by atoms with Crippen LogP contribution in [0.3, 0.4) is 0 Å². The first-order valence-corrected chi connectivity index (χ1v) is 11.2. The predicted octanol–water partition coefficient (Wildman–Crippen LogP) is 5.61. The van der Waals surface area contributed by atoms with Gasteiger partial charge in [0.05, 0.1) is 12.0 Å². The molecule has 1 aliphatic heterocycles. The molecule has 0 unspecified atom stereocenters. The molecule has 0 radical (unpaired) electrons. The third-order valence-corrected chi connectivity index (χ3v) is 5.77. The lowest BCUT2D eigenvalue weighted by Crippen LogP contribution is -2.21. The second-order valence-electron chi connectivity index (χ2n) is 7.91. The fourth-order valence-corrected chi connectivity index (χ4v) is 3.92. The van der Waals surface area contributed by atoms with E-state index in [2.05, 4.69) is 18.7 Å². The zero-order valence-corrected chi connectivity index (χ0v) is 19.1. The highest BCUT2D eigenvalue weighted by molar-refractivity contribution is 6.15. The smallest absolute Gasteiger partial charge is 0.315 e. The number of Topliss-reactive ketones (excluding diaryl/α,β-unsaturated/α-hetero) is 1. The van der Waals surface area contributed by atoms with Gasteiger partial charge in [-0.3, -0.25) is 9.59 Å². The Bertz CT molecular complexity index is 1190. The van der Waals surface area contributed by atoms with E-state index >= 15 is 0 Å². The summed E-state index contributed by atoms with van der Waals surface area (Å²) in [5, 5.41) is 0. The van der Waals surface area contributed by atoms with Gasteiger partial charge in [0.1, 0.15) is 11.5 Å². The standard InChI is InChI=1S/C28H27NO4/c1-4-29(5-2)22-13-11-21(12-14-22)17-25-27(31)23-15-16-24(19(3)28(23)33-25)32-26(30)18-20-9-7-6-8-10-20/h6-17H,4-5,18H2,1-3H3/b25-17-. The molecule has 0 N–H and O–H groups in total. The highest BCUT2D eigenvalue weighted by atomic mass is 16.5. The third kappa shape index (κ3) is 4.82. The summed E-state index contributed by atoms with van der Waals surface area (Å²) in [4.78, 5) is 27.5. The Morgan fingerprint density at radius 1 is 0.970 bits per heavy atom. The largest absolute Gasteiger partial charge is 0.452 e. The summed E-state index contributed by atoms with van der Waals surface area (Å²) in [6.45, 7) is 7.91. The van der Waals surface area contributed by atoms with E-state index in [-0.39, 0.29) is 23.9 Å². The SMILES string of the molecule is CCN(CC)c1ccc(/C=C2\Oc3c(ccc(OC(=O)Cc4ccccc4)c3C)C2=O)cc1. The van der Waals surface area contributed by atoms with Crippen LogP contribution in [0.2, 0.25) is 0 Å². The molecule has 5 nitrogen and oxygen atoms in total. The first-order chi connectivity index (χ1) is 16.0. The minimum Gasteiger partial charge on any atom is -0.452 e. The van der Waals surface area contributed by atoms with E-state index in [4.69, 9.17) is 9.47 Å². The zero-order chi connectivity index (χ0) is 23.4. The van der Waals surface area contributed by atoms with E-state index < -0.39 is 0 Å². The molecule has 33 heavy (non-hydrogen) atoms. The molecule has 1 aliphatic rings. The summed E-state index contributed by atoms with van der Waals surface area (Å²) >= 11 is 0. The first kappa shape index (κ1) is 22.3. The number of anilines is 1. The van der Waals surface area contributed by atoms with Gasteiger partial charge >= 0.3 is 5.97 Å². The summed E-state index contributed by atoms with van der Waals surface area (Å²) in [6.07, 6.45) is 1.92. The Morgan fingerprint density at radius 3 is 2.33 bits per heavy atom. The Hall–Kier alpha value is -3.86. The van der Waals surface area contributed by atoms with Gasteiger partial charge < -0.3 is 14.4 Å². The number of fused-ring (bicyclic) bond motifs is 1. The second kappa shape index (κ2) is 9.74. The number of allylic oxidation sites excluding steroid dienone is 1. The number of esters is 1. The molecule has 5 heteroatoms. The number of benzene rings is 3. The summed E-state index contributed by atoms with van der Waals surface area (Å²) < 4.78 is 11.5. The van der Waals surface area contributed by atoms with E-state index in [0.29, 0.717) is 22.6 Å². The lowest BCUT2D eigenvalue weighted by molar-refractivity contribution is -0.133. The molecule has 0 atom stereocenters. The number of hydrogen-bond donors (Lipinski definition) is 0. The molecule has 1 heterocycles. The maximum Gasteiger partial charge on any atom is 0.315 e. The lowest BCUT2D eigenvalue weighted by Gasteiger charge is -2.20. The molecular weight excluding hydrogens is 414 g/mol. The zero-order valence-electron chi connectivity index (χ0n) is 19.1. The van der Waals surface area contributed by atoms with Crippen LogP contribution in [0.25, 0.3) is 6.08 Å². The molecule has 168 valence electrons. The van der Waals surface area contributed by atoms with Crippen molar-refractivity contribution in [2.75, 3.05) is 18.0 Å². The van der Waals surface area contributed by atoms with E-state index in [9.17, 15) is 9.59 Å². The number of carbonyl (C=O) groups is 2. The van der Waals surface area contributed by atoms with E-state index in [1.54, 1.807) is 25.1 Å². The highest BCUT2D eigenvalue weighted by Crippen LogP contribution is 2.39. The quantitative estimate of drug-likeness (QED) is 0.271. The van der Waals surface area contributed by atoms with Gasteiger partial charge in [-0.15, -0.1) is 0 Å². The van der Waals surface area contributed by atoms with Gasteiger partial charge in [0.2, 0.25) is 5.78 Å². The van der Waals surface area contributed by atoms with Crippen LogP contribution in [0, 0.1) is 6.92 Å². The average Bonchev–Trinajstić information content (AvgIpc) is 3.14. The molecule has 0 bridgehead atoms. The number of hydrogen-bond acceptors (Lipinski definition) is 5. The Labute approximate surface area is 194 Å². The van der Waals surface area contributed by atoms with Crippen molar-refractivity contribution in [3.8, 4) is 11.5 Å². The first-order valence-electron chi connectivity index (χ1n) is 11.2. The molecule has 3 aromatic carbocycles. The van der Waals surface area contributed by atoms with Crippen LogP contribution in [0.15, 0.2) is 72.5 Å². The summed E-state index contributed by atoms with van der Waals surface area (Å²) in [5.74, 6) is 0.556. The van der Waals surface area contributed by atoms with Gasteiger partial charge in [-0.2, -0.15) is 0 Å². The number of ether oxygens (including phenoxy) is 2. The van der Waals surface area contributed by atoms with Crippen LogP contribution < -0.4 is 14.4 Å². The Kier molecular flexibility index (Phi) is 6.59. The van der Waals surface area contributed by atoms with Crippen LogP contribution in [-0.2, 0) is 11.2 Å². The van der Waals surface area contributed by atoms with Crippen molar-refractivity contribution in [3.63, 3.8) is 0 Å². The maximum atomic E-state index is 12.9.